The summed E-state index contributed by atoms with van der Waals surface area (Å²) in [5.74, 6) is 0.973. The molecule has 1 aromatic carbocycles. The summed E-state index contributed by atoms with van der Waals surface area (Å²) in [4.78, 5) is 13.6. The zero-order valence-electron chi connectivity index (χ0n) is 11.5. The Balaban J connectivity index is 1.94. The van der Waals surface area contributed by atoms with Gasteiger partial charge in [-0.25, -0.2) is 0 Å². The minimum atomic E-state index is 0.149. The molecule has 1 heterocycles. The van der Waals surface area contributed by atoms with Crippen molar-refractivity contribution in [3.63, 3.8) is 0 Å². The van der Waals surface area contributed by atoms with E-state index in [-0.39, 0.29) is 5.91 Å². The number of furan rings is 1. The molecule has 0 aliphatic rings. The van der Waals surface area contributed by atoms with Crippen molar-refractivity contribution in [2.75, 3.05) is 20.6 Å². The van der Waals surface area contributed by atoms with Crippen LogP contribution >= 0.6 is 0 Å². The Morgan fingerprint density at radius 2 is 2.16 bits per heavy atom. The Bertz CT molecular complexity index is 515. The molecule has 1 N–H and O–H groups in total. The second-order valence-electron chi connectivity index (χ2n) is 4.71. The van der Waals surface area contributed by atoms with Crippen molar-refractivity contribution in [2.24, 2.45) is 0 Å². The van der Waals surface area contributed by atoms with Gasteiger partial charge in [0.15, 0.2) is 0 Å². The zero-order valence-corrected chi connectivity index (χ0v) is 11.5. The lowest BCUT2D eigenvalue weighted by molar-refractivity contribution is -0.130. The van der Waals surface area contributed by atoms with Crippen molar-refractivity contribution in [1.29, 1.82) is 0 Å². The van der Waals surface area contributed by atoms with E-state index >= 15 is 0 Å². The molecule has 0 atom stereocenters. The van der Waals surface area contributed by atoms with E-state index in [1.54, 1.807) is 4.90 Å². The van der Waals surface area contributed by atoms with Crippen molar-refractivity contribution < 1.29 is 9.21 Å². The third-order valence-corrected chi connectivity index (χ3v) is 3.11. The molecule has 1 amide bonds. The molecule has 4 heteroatoms. The summed E-state index contributed by atoms with van der Waals surface area (Å²) in [6.45, 7) is 1.39. The molecular formula is C15H20N2O2. The molecule has 19 heavy (non-hydrogen) atoms. The van der Waals surface area contributed by atoms with Crippen LogP contribution in [0.25, 0.3) is 11.0 Å². The number of para-hydroxylation sites is 1. The van der Waals surface area contributed by atoms with Gasteiger partial charge in [-0.2, -0.15) is 0 Å². The van der Waals surface area contributed by atoms with Gasteiger partial charge >= 0.3 is 0 Å². The zero-order chi connectivity index (χ0) is 13.7. The molecule has 4 nitrogen and oxygen atoms in total. The standard InChI is InChI=1S/C15H20N2O2/c1-16-9-5-8-15(18)17(2)11-13-10-12-6-3-4-7-14(12)19-13/h3-4,6-7,10,16H,5,8-9,11H2,1-2H3. The SMILES string of the molecule is CNCCCC(=O)N(C)Cc1cc2ccccc2o1. The lowest BCUT2D eigenvalue weighted by atomic mass is 10.2. The number of fused-ring (bicyclic) bond motifs is 1. The maximum absolute atomic E-state index is 11.9. The fourth-order valence-corrected chi connectivity index (χ4v) is 2.04. The number of benzene rings is 1. The number of amides is 1. The second-order valence-corrected chi connectivity index (χ2v) is 4.71. The van der Waals surface area contributed by atoms with Crippen LogP contribution in [0, 0.1) is 0 Å². The topological polar surface area (TPSA) is 45.5 Å². The van der Waals surface area contributed by atoms with E-state index in [1.165, 1.54) is 0 Å². The van der Waals surface area contributed by atoms with Crippen LogP contribution in [0.3, 0.4) is 0 Å². The van der Waals surface area contributed by atoms with E-state index in [0.717, 1.165) is 29.7 Å². The van der Waals surface area contributed by atoms with Crippen LogP contribution < -0.4 is 5.32 Å². The average molecular weight is 260 g/mol. The summed E-state index contributed by atoms with van der Waals surface area (Å²) in [5.41, 5.74) is 0.869. The molecule has 0 radical (unpaired) electrons. The van der Waals surface area contributed by atoms with E-state index in [2.05, 4.69) is 5.32 Å². The second kappa shape index (κ2) is 6.38. The van der Waals surface area contributed by atoms with Gasteiger partial charge in [0.2, 0.25) is 5.91 Å². The Labute approximate surface area is 113 Å². The van der Waals surface area contributed by atoms with Crippen LogP contribution in [0.15, 0.2) is 34.7 Å². The van der Waals surface area contributed by atoms with Crippen LogP contribution in [-0.4, -0.2) is 31.4 Å². The highest BCUT2D eigenvalue weighted by atomic mass is 16.3. The van der Waals surface area contributed by atoms with Gasteiger partial charge in [0, 0.05) is 18.9 Å². The van der Waals surface area contributed by atoms with Gasteiger partial charge in [0.05, 0.1) is 6.54 Å². The van der Waals surface area contributed by atoms with Crippen molar-refractivity contribution in [3.8, 4) is 0 Å². The molecule has 102 valence electrons. The van der Waals surface area contributed by atoms with Crippen molar-refractivity contribution in [2.45, 2.75) is 19.4 Å². The number of carbonyl (C=O) groups excluding carboxylic acids is 1. The van der Waals surface area contributed by atoms with Crippen LogP contribution in [-0.2, 0) is 11.3 Å². The minimum absolute atomic E-state index is 0.149. The van der Waals surface area contributed by atoms with Gasteiger partial charge in [0.1, 0.15) is 11.3 Å². The molecule has 0 unspecified atom stereocenters. The summed E-state index contributed by atoms with van der Waals surface area (Å²) >= 11 is 0. The Morgan fingerprint density at radius 3 is 2.89 bits per heavy atom. The quantitative estimate of drug-likeness (QED) is 0.811. The first-order valence-corrected chi connectivity index (χ1v) is 6.56. The van der Waals surface area contributed by atoms with Gasteiger partial charge in [-0.05, 0) is 32.1 Å². The number of hydrogen-bond donors (Lipinski definition) is 1. The van der Waals surface area contributed by atoms with Gasteiger partial charge in [0.25, 0.3) is 0 Å². The van der Waals surface area contributed by atoms with Crippen LogP contribution in [0.2, 0.25) is 0 Å². The number of rotatable bonds is 6. The van der Waals surface area contributed by atoms with Crippen molar-refractivity contribution in [3.05, 3.63) is 36.1 Å². The summed E-state index contributed by atoms with van der Waals surface area (Å²) < 4.78 is 5.71. The van der Waals surface area contributed by atoms with Gasteiger partial charge in [-0.15, -0.1) is 0 Å². The number of nitrogens with zero attached hydrogens (tertiary/aromatic N) is 1. The molecule has 0 spiro atoms. The molecule has 0 saturated carbocycles. The Morgan fingerprint density at radius 1 is 1.37 bits per heavy atom. The van der Waals surface area contributed by atoms with Gasteiger partial charge in [-0.3, -0.25) is 4.79 Å². The van der Waals surface area contributed by atoms with Crippen LogP contribution in [0.1, 0.15) is 18.6 Å². The monoisotopic (exact) mass is 260 g/mol. The summed E-state index contributed by atoms with van der Waals surface area (Å²) in [7, 11) is 3.71. The maximum Gasteiger partial charge on any atom is 0.222 e. The molecular weight excluding hydrogens is 240 g/mol. The normalized spacial score (nSPS) is 10.8. The highest BCUT2D eigenvalue weighted by Crippen LogP contribution is 2.19. The lowest BCUT2D eigenvalue weighted by Gasteiger charge is -2.15. The lowest BCUT2D eigenvalue weighted by Crippen LogP contribution is -2.26. The summed E-state index contributed by atoms with van der Waals surface area (Å²) in [6.07, 6.45) is 1.43. The molecule has 0 aliphatic heterocycles. The van der Waals surface area contributed by atoms with Crippen LogP contribution in [0.5, 0.6) is 0 Å². The fourth-order valence-electron chi connectivity index (χ4n) is 2.04. The fraction of sp³-hybridized carbons (Fsp3) is 0.400. The predicted molar refractivity (Wildman–Crippen MR) is 75.8 cm³/mol. The molecule has 0 fully saturated rings. The molecule has 0 bridgehead atoms. The summed E-state index contributed by atoms with van der Waals surface area (Å²) in [5, 5.41) is 4.12. The Kier molecular flexibility index (Phi) is 4.58. The van der Waals surface area contributed by atoms with E-state index in [1.807, 2.05) is 44.4 Å². The molecule has 2 rings (SSSR count). The Hall–Kier alpha value is -1.81. The third kappa shape index (κ3) is 3.58. The van der Waals surface area contributed by atoms with E-state index in [0.29, 0.717) is 13.0 Å². The van der Waals surface area contributed by atoms with Crippen molar-refractivity contribution >= 4 is 16.9 Å². The number of carbonyl (C=O) groups is 1. The first kappa shape index (κ1) is 13.6. The average Bonchev–Trinajstić information content (AvgIpc) is 2.80. The van der Waals surface area contributed by atoms with E-state index < -0.39 is 0 Å². The number of nitrogens with one attached hydrogen (secondary N) is 1. The molecule has 1 aromatic heterocycles. The smallest absolute Gasteiger partial charge is 0.222 e. The first-order chi connectivity index (χ1) is 9.20. The maximum atomic E-state index is 11.9. The first-order valence-electron chi connectivity index (χ1n) is 6.56. The molecule has 2 aromatic rings. The van der Waals surface area contributed by atoms with Crippen molar-refractivity contribution in [1.82, 2.24) is 10.2 Å². The van der Waals surface area contributed by atoms with Crippen LogP contribution in [0.4, 0.5) is 0 Å². The minimum Gasteiger partial charge on any atom is -0.459 e. The molecule has 0 saturated heterocycles. The highest BCUT2D eigenvalue weighted by Gasteiger charge is 2.11. The third-order valence-electron chi connectivity index (χ3n) is 3.11. The summed E-state index contributed by atoms with van der Waals surface area (Å²) in [6, 6.07) is 9.87. The van der Waals surface area contributed by atoms with E-state index in [4.69, 9.17) is 4.42 Å². The largest absolute Gasteiger partial charge is 0.459 e. The van der Waals surface area contributed by atoms with E-state index in [9.17, 15) is 4.79 Å². The van der Waals surface area contributed by atoms with Gasteiger partial charge in [-0.1, -0.05) is 18.2 Å². The highest BCUT2D eigenvalue weighted by molar-refractivity contribution is 5.78. The van der Waals surface area contributed by atoms with Gasteiger partial charge < -0.3 is 14.6 Å². The molecule has 0 aliphatic carbocycles. The number of hydrogen-bond acceptors (Lipinski definition) is 3. The predicted octanol–water partition coefficient (Wildman–Crippen LogP) is 2.39.